The lowest BCUT2D eigenvalue weighted by atomic mass is 10.0. The van der Waals surface area contributed by atoms with E-state index in [9.17, 15) is 23.1 Å². The van der Waals surface area contributed by atoms with Crippen LogP contribution in [0.3, 0.4) is 0 Å². The molecule has 1 aliphatic heterocycles. The van der Waals surface area contributed by atoms with Crippen LogP contribution >= 0.6 is 0 Å². The van der Waals surface area contributed by atoms with Crippen molar-refractivity contribution in [1.29, 1.82) is 0 Å². The molecule has 2 heterocycles. The molecule has 0 radical (unpaired) electrons. The fourth-order valence-electron chi connectivity index (χ4n) is 4.02. The van der Waals surface area contributed by atoms with Crippen LogP contribution in [0, 0.1) is 0 Å². The Morgan fingerprint density at radius 1 is 1.11 bits per heavy atom. The second kappa shape index (κ2) is 10.2. The molecule has 0 spiro atoms. The average molecular weight is 487 g/mol. The summed E-state index contributed by atoms with van der Waals surface area (Å²) in [6.07, 6.45) is -4.33. The van der Waals surface area contributed by atoms with Gasteiger partial charge in [-0.3, -0.25) is 0 Å². The first-order valence-corrected chi connectivity index (χ1v) is 11.0. The lowest BCUT2D eigenvalue weighted by Gasteiger charge is -2.22. The summed E-state index contributed by atoms with van der Waals surface area (Å²) in [7, 11) is 0. The number of pyridine rings is 1. The minimum Gasteiger partial charge on any atom is -0.472 e. The van der Waals surface area contributed by atoms with Crippen LogP contribution in [0.5, 0.6) is 5.88 Å². The molecule has 3 aromatic rings. The molecule has 7 nitrogen and oxygen atoms in total. The maximum Gasteiger partial charge on any atom is 0.417 e. The number of hydrogen-bond donors (Lipinski definition) is 3. The molecule has 35 heavy (non-hydrogen) atoms. The molecule has 1 amide bonds. The van der Waals surface area contributed by atoms with Gasteiger partial charge in [0.2, 0.25) is 5.88 Å². The van der Waals surface area contributed by atoms with Crippen LogP contribution in [0.15, 0.2) is 60.8 Å². The highest BCUT2D eigenvalue weighted by molar-refractivity contribution is 5.70. The number of carbonyl (C=O) groups is 1. The minimum atomic E-state index is -4.44. The van der Waals surface area contributed by atoms with E-state index < -0.39 is 17.8 Å². The number of benzene rings is 2. The average Bonchev–Trinajstić information content (AvgIpc) is 3.30. The zero-order valence-electron chi connectivity index (χ0n) is 18.6. The van der Waals surface area contributed by atoms with Crippen molar-refractivity contribution in [3.05, 3.63) is 77.5 Å². The molecule has 3 N–H and O–H groups in total. The van der Waals surface area contributed by atoms with Crippen LogP contribution in [-0.4, -0.2) is 40.5 Å². The Labute approximate surface area is 199 Å². The fourth-order valence-corrected chi connectivity index (χ4v) is 4.02. The van der Waals surface area contributed by atoms with Crippen LogP contribution < -0.4 is 15.0 Å². The monoisotopic (exact) mass is 487 g/mol. The highest BCUT2D eigenvalue weighted by Crippen LogP contribution is 2.32. The third-order valence-electron chi connectivity index (χ3n) is 5.82. The number of rotatable bonds is 7. The van der Waals surface area contributed by atoms with E-state index in [1.165, 1.54) is 6.07 Å². The molecular formula is C25H24F3N3O4. The summed E-state index contributed by atoms with van der Waals surface area (Å²) in [6.45, 7) is 1.24. The summed E-state index contributed by atoms with van der Waals surface area (Å²) in [5.74, 6) is 0.143. The minimum absolute atomic E-state index is 0.143. The Kier molecular flexibility index (Phi) is 7.11. The zero-order valence-corrected chi connectivity index (χ0v) is 18.6. The van der Waals surface area contributed by atoms with Crippen LogP contribution in [0.1, 0.15) is 23.1 Å². The highest BCUT2D eigenvalue weighted by atomic mass is 19.4. The Hall–Kier alpha value is -3.79. The summed E-state index contributed by atoms with van der Waals surface area (Å²) in [5, 5.41) is 21.0. The number of aliphatic hydroxyl groups excluding tert-OH is 1. The van der Waals surface area contributed by atoms with E-state index in [4.69, 9.17) is 9.84 Å². The zero-order chi connectivity index (χ0) is 25.0. The molecule has 0 bridgehead atoms. The number of nitrogens with zero attached hydrogens (tertiary/aromatic N) is 2. The normalized spacial score (nSPS) is 15.8. The molecular weight excluding hydrogens is 463 g/mol. The predicted octanol–water partition coefficient (Wildman–Crippen LogP) is 4.69. The maximum absolute atomic E-state index is 12.7. The number of aliphatic hydroxyl groups is 1. The van der Waals surface area contributed by atoms with E-state index in [2.05, 4.69) is 15.2 Å². The Bertz CT molecular complexity index is 1170. The first kappa shape index (κ1) is 24.3. The molecule has 4 rings (SSSR count). The number of halogens is 3. The molecule has 0 saturated carbocycles. The second-order valence-electron chi connectivity index (χ2n) is 8.21. The molecule has 2 aromatic carbocycles. The number of anilines is 1. The number of carboxylic acid groups (broad SMARTS) is 1. The molecule has 1 unspecified atom stereocenters. The van der Waals surface area contributed by atoms with Gasteiger partial charge in [0.05, 0.1) is 18.7 Å². The van der Waals surface area contributed by atoms with Gasteiger partial charge in [0.15, 0.2) is 0 Å². The number of amides is 1. The van der Waals surface area contributed by atoms with Crippen molar-refractivity contribution in [2.45, 2.75) is 31.9 Å². The van der Waals surface area contributed by atoms with Gasteiger partial charge < -0.3 is 25.2 Å². The number of nitrogens with one attached hydrogen (secondary N) is 1. The summed E-state index contributed by atoms with van der Waals surface area (Å²) >= 11 is 0. The van der Waals surface area contributed by atoms with E-state index in [1.807, 2.05) is 42.5 Å². The summed E-state index contributed by atoms with van der Waals surface area (Å²) in [6, 6.07) is 15.4. The number of aromatic nitrogens is 1. The van der Waals surface area contributed by atoms with Crippen molar-refractivity contribution in [3.8, 4) is 17.0 Å². The van der Waals surface area contributed by atoms with Gasteiger partial charge in [0.1, 0.15) is 6.10 Å². The van der Waals surface area contributed by atoms with Gasteiger partial charge in [-0.05, 0) is 34.9 Å². The van der Waals surface area contributed by atoms with Crippen molar-refractivity contribution in [1.82, 2.24) is 10.3 Å². The van der Waals surface area contributed by atoms with Crippen molar-refractivity contribution in [2.75, 3.05) is 18.0 Å². The Morgan fingerprint density at radius 3 is 2.49 bits per heavy atom. The highest BCUT2D eigenvalue weighted by Gasteiger charge is 2.31. The van der Waals surface area contributed by atoms with E-state index >= 15 is 0 Å². The summed E-state index contributed by atoms with van der Waals surface area (Å²) in [4.78, 5) is 16.5. The number of ether oxygens (including phenoxy) is 1. The summed E-state index contributed by atoms with van der Waals surface area (Å²) in [5.41, 5.74) is 3.47. The van der Waals surface area contributed by atoms with Crippen LogP contribution in [0.2, 0.25) is 0 Å². The lowest BCUT2D eigenvalue weighted by Crippen LogP contribution is -2.25. The Morgan fingerprint density at radius 2 is 1.86 bits per heavy atom. The smallest absolute Gasteiger partial charge is 0.417 e. The van der Waals surface area contributed by atoms with E-state index in [0.29, 0.717) is 19.5 Å². The molecule has 1 aromatic heterocycles. The second-order valence-corrected chi connectivity index (χ2v) is 8.21. The molecule has 1 atom stereocenters. The first-order chi connectivity index (χ1) is 16.7. The van der Waals surface area contributed by atoms with Crippen molar-refractivity contribution < 1.29 is 32.9 Å². The van der Waals surface area contributed by atoms with Crippen molar-refractivity contribution in [3.63, 3.8) is 0 Å². The Balaban J connectivity index is 1.42. The molecule has 1 aliphatic rings. The predicted molar refractivity (Wildman–Crippen MR) is 123 cm³/mol. The van der Waals surface area contributed by atoms with E-state index in [1.54, 1.807) is 0 Å². The quantitative estimate of drug-likeness (QED) is 0.448. The fraction of sp³-hybridized carbons (Fsp3) is 0.280. The molecule has 184 valence electrons. The van der Waals surface area contributed by atoms with Gasteiger partial charge in [-0.25, -0.2) is 9.78 Å². The molecule has 1 fully saturated rings. The topological polar surface area (TPSA) is 94.9 Å². The third-order valence-corrected chi connectivity index (χ3v) is 5.82. The lowest BCUT2D eigenvalue weighted by molar-refractivity contribution is -0.137. The third kappa shape index (κ3) is 6.02. The van der Waals surface area contributed by atoms with Gasteiger partial charge in [0, 0.05) is 43.0 Å². The van der Waals surface area contributed by atoms with Crippen molar-refractivity contribution in [2.24, 2.45) is 0 Å². The van der Waals surface area contributed by atoms with Crippen LogP contribution in [0.4, 0.5) is 23.7 Å². The summed E-state index contributed by atoms with van der Waals surface area (Å²) < 4.78 is 43.9. The largest absolute Gasteiger partial charge is 0.472 e. The van der Waals surface area contributed by atoms with Gasteiger partial charge in [-0.15, -0.1) is 0 Å². The van der Waals surface area contributed by atoms with Crippen LogP contribution in [-0.2, 0) is 19.3 Å². The van der Waals surface area contributed by atoms with Gasteiger partial charge in [0.25, 0.3) is 0 Å². The van der Waals surface area contributed by atoms with Crippen molar-refractivity contribution >= 4 is 11.8 Å². The van der Waals surface area contributed by atoms with E-state index in [0.717, 1.165) is 40.2 Å². The SMILES string of the molecule is O=C(O)NCc1ccc(-c2ccc(N3CCC(Oc4ccc(C(F)(F)F)cn4)C3)c(CO)c2)cc1. The van der Waals surface area contributed by atoms with Gasteiger partial charge in [-0.2, -0.15) is 13.2 Å². The molecule has 10 heteroatoms. The first-order valence-electron chi connectivity index (χ1n) is 11.0. The number of hydrogen-bond acceptors (Lipinski definition) is 5. The standard InChI is InChI=1S/C25H24F3N3O4/c26-25(27,28)20-6-8-23(29-13-20)35-21-9-10-31(14-21)22-7-5-18(11-19(22)15-32)17-3-1-16(2-4-17)12-30-24(33)34/h1-8,11,13,21,30,32H,9-10,12,14-15H2,(H,33,34). The van der Waals surface area contributed by atoms with E-state index in [-0.39, 0.29) is 25.1 Å². The van der Waals surface area contributed by atoms with Gasteiger partial charge in [-0.1, -0.05) is 30.3 Å². The molecule has 1 saturated heterocycles. The molecule has 0 aliphatic carbocycles. The number of alkyl halides is 3. The van der Waals surface area contributed by atoms with Crippen LogP contribution in [0.25, 0.3) is 11.1 Å². The maximum atomic E-state index is 12.7. The van der Waals surface area contributed by atoms with Gasteiger partial charge >= 0.3 is 12.3 Å².